The normalized spacial score (nSPS) is 22.1. The quantitative estimate of drug-likeness (QED) is 0.781. The van der Waals surface area contributed by atoms with Crippen LogP contribution in [0.25, 0.3) is 0 Å². The average Bonchev–Trinajstić information content (AvgIpc) is 2.68. The molecule has 0 unspecified atom stereocenters. The molecule has 0 radical (unpaired) electrons. The Kier molecular flexibility index (Phi) is 5.90. The van der Waals surface area contributed by atoms with Gasteiger partial charge in [0, 0.05) is 25.9 Å². The topological polar surface area (TPSA) is 84.9 Å². The van der Waals surface area contributed by atoms with E-state index in [0.29, 0.717) is 30.8 Å². The Morgan fingerprint density at radius 2 is 1.57 bits per heavy atom. The van der Waals surface area contributed by atoms with Gasteiger partial charge in [-0.05, 0) is 42.4 Å². The number of hydrogen-bond acceptors (Lipinski definition) is 3. The molecule has 0 atom stereocenters. The first-order valence-corrected chi connectivity index (χ1v) is 11.8. The standard InChI is InChI=1S/C21H33N3O3S/c1-20(2,3)17-7-9-18(10-8-17)28(26,27)24-15-11-21(12-16-24,19(22)25)23-13-5-4-6-14-23/h7-10H,4-6,11-16H2,1-3H3,(H2,22,25)/p+1. The highest BCUT2D eigenvalue weighted by Crippen LogP contribution is 2.28. The molecule has 3 N–H and O–H groups in total. The molecule has 3 rings (SSSR count). The van der Waals surface area contributed by atoms with Crippen LogP contribution < -0.4 is 10.6 Å². The Bertz CT molecular complexity index is 798. The third kappa shape index (κ3) is 3.98. The van der Waals surface area contributed by atoms with Crippen molar-refractivity contribution in [2.24, 2.45) is 5.73 Å². The van der Waals surface area contributed by atoms with E-state index in [-0.39, 0.29) is 11.3 Å². The highest BCUT2D eigenvalue weighted by atomic mass is 32.2. The lowest BCUT2D eigenvalue weighted by Crippen LogP contribution is -3.22. The third-order valence-electron chi connectivity index (χ3n) is 6.54. The largest absolute Gasteiger partial charge is 0.364 e. The van der Waals surface area contributed by atoms with Gasteiger partial charge in [-0.3, -0.25) is 4.79 Å². The van der Waals surface area contributed by atoms with Crippen molar-refractivity contribution < 1.29 is 18.1 Å². The second-order valence-electron chi connectivity index (χ2n) is 9.29. The summed E-state index contributed by atoms with van der Waals surface area (Å²) in [7, 11) is -3.56. The first-order valence-electron chi connectivity index (χ1n) is 10.3. The molecule has 0 aromatic heterocycles. The molecule has 2 heterocycles. The summed E-state index contributed by atoms with van der Waals surface area (Å²) in [5.41, 5.74) is 6.29. The second-order valence-corrected chi connectivity index (χ2v) is 11.2. The molecule has 2 saturated heterocycles. The average molecular weight is 409 g/mol. The van der Waals surface area contributed by atoms with Crippen LogP contribution in [0.1, 0.15) is 58.4 Å². The summed E-state index contributed by atoms with van der Waals surface area (Å²) >= 11 is 0. The number of hydrogen-bond donors (Lipinski definition) is 2. The van der Waals surface area contributed by atoms with Gasteiger partial charge in [0.15, 0.2) is 5.54 Å². The van der Waals surface area contributed by atoms with E-state index in [4.69, 9.17) is 5.73 Å². The molecular weight excluding hydrogens is 374 g/mol. The molecule has 2 fully saturated rings. The second kappa shape index (κ2) is 7.76. The number of sulfonamides is 1. The molecule has 156 valence electrons. The van der Waals surface area contributed by atoms with Gasteiger partial charge in [-0.25, -0.2) is 8.42 Å². The summed E-state index contributed by atoms with van der Waals surface area (Å²) in [6.07, 6.45) is 4.40. The fraction of sp³-hybridized carbons (Fsp3) is 0.667. The van der Waals surface area contributed by atoms with Crippen LogP contribution in [0.3, 0.4) is 0 Å². The summed E-state index contributed by atoms with van der Waals surface area (Å²) in [5, 5.41) is 0. The monoisotopic (exact) mass is 408 g/mol. The van der Waals surface area contributed by atoms with Crippen LogP contribution in [0, 0.1) is 0 Å². The first kappa shape index (κ1) is 21.3. The van der Waals surface area contributed by atoms with Crippen molar-refractivity contribution in [2.75, 3.05) is 26.2 Å². The summed E-state index contributed by atoms with van der Waals surface area (Å²) in [4.78, 5) is 13.9. The fourth-order valence-electron chi connectivity index (χ4n) is 4.62. The highest BCUT2D eigenvalue weighted by Gasteiger charge is 2.50. The summed E-state index contributed by atoms with van der Waals surface area (Å²) in [6, 6.07) is 7.17. The van der Waals surface area contributed by atoms with Crippen LogP contribution >= 0.6 is 0 Å². The number of carbonyl (C=O) groups is 1. The molecule has 7 heteroatoms. The van der Waals surface area contributed by atoms with Crippen molar-refractivity contribution in [3.05, 3.63) is 29.8 Å². The van der Waals surface area contributed by atoms with E-state index in [1.807, 2.05) is 12.1 Å². The number of rotatable bonds is 4. The van der Waals surface area contributed by atoms with Gasteiger partial charge in [0.2, 0.25) is 10.0 Å². The zero-order valence-corrected chi connectivity index (χ0v) is 18.1. The van der Waals surface area contributed by atoms with Gasteiger partial charge in [-0.2, -0.15) is 4.31 Å². The molecule has 0 saturated carbocycles. The predicted octanol–water partition coefficient (Wildman–Crippen LogP) is 1.06. The Morgan fingerprint density at radius 3 is 2.04 bits per heavy atom. The van der Waals surface area contributed by atoms with Gasteiger partial charge in [0.1, 0.15) is 0 Å². The van der Waals surface area contributed by atoms with E-state index in [1.54, 1.807) is 12.1 Å². The number of nitrogens with one attached hydrogen (secondary N) is 1. The molecule has 0 aliphatic carbocycles. The minimum absolute atomic E-state index is 0.0221. The maximum Gasteiger partial charge on any atom is 0.278 e. The number of benzene rings is 1. The van der Waals surface area contributed by atoms with Crippen LogP contribution in [0.4, 0.5) is 0 Å². The summed E-state index contributed by atoms with van der Waals surface area (Å²) in [5.74, 6) is -0.282. The smallest absolute Gasteiger partial charge is 0.278 e. The molecule has 2 aliphatic heterocycles. The van der Waals surface area contributed by atoms with E-state index in [1.165, 1.54) is 15.6 Å². The maximum atomic E-state index is 13.1. The van der Waals surface area contributed by atoms with Crippen LogP contribution in [0.5, 0.6) is 0 Å². The fourth-order valence-corrected chi connectivity index (χ4v) is 6.06. The van der Waals surface area contributed by atoms with Crippen LogP contribution in [0.2, 0.25) is 0 Å². The zero-order chi connectivity index (χ0) is 20.6. The van der Waals surface area contributed by atoms with Crippen LogP contribution in [-0.4, -0.2) is 50.3 Å². The summed E-state index contributed by atoms with van der Waals surface area (Å²) < 4.78 is 27.7. The number of nitrogens with zero attached hydrogens (tertiary/aromatic N) is 1. The number of quaternary nitrogens is 1. The van der Waals surface area contributed by atoms with Gasteiger partial charge < -0.3 is 10.6 Å². The lowest BCUT2D eigenvalue weighted by Gasteiger charge is -2.44. The molecule has 1 aromatic rings. The van der Waals surface area contributed by atoms with E-state index in [0.717, 1.165) is 31.5 Å². The third-order valence-corrected chi connectivity index (χ3v) is 8.45. The van der Waals surface area contributed by atoms with Crippen molar-refractivity contribution in [3.8, 4) is 0 Å². The predicted molar refractivity (Wildman–Crippen MR) is 110 cm³/mol. The molecule has 1 amide bonds. The highest BCUT2D eigenvalue weighted by molar-refractivity contribution is 7.89. The minimum atomic E-state index is -3.56. The van der Waals surface area contributed by atoms with Gasteiger partial charge in [-0.15, -0.1) is 0 Å². The molecule has 1 aromatic carbocycles. The van der Waals surface area contributed by atoms with E-state index in [9.17, 15) is 13.2 Å². The van der Waals surface area contributed by atoms with Crippen LogP contribution in [-0.2, 0) is 20.2 Å². The molecule has 0 spiro atoms. The number of carbonyl (C=O) groups excluding carboxylic acids is 1. The Balaban J connectivity index is 1.76. The lowest BCUT2D eigenvalue weighted by atomic mass is 9.84. The lowest BCUT2D eigenvalue weighted by molar-refractivity contribution is -0.948. The molecule has 28 heavy (non-hydrogen) atoms. The molecule has 2 aliphatic rings. The van der Waals surface area contributed by atoms with Gasteiger partial charge in [-0.1, -0.05) is 32.9 Å². The van der Waals surface area contributed by atoms with Gasteiger partial charge in [0.05, 0.1) is 18.0 Å². The van der Waals surface area contributed by atoms with Crippen molar-refractivity contribution in [2.45, 2.75) is 68.7 Å². The zero-order valence-electron chi connectivity index (χ0n) is 17.3. The molecular formula is C21H34N3O3S+. The van der Waals surface area contributed by atoms with Gasteiger partial charge in [0.25, 0.3) is 5.91 Å². The van der Waals surface area contributed by atoms with Crippen molar-refractivity contribution >= 4 is 15.9 Å². The Hall–Kier alpha value is -1.44. The minimum Gasteiger partial charge on any atom is -0.364 e. The van der Waals surface area contributed by atoms with E-state index in [2.05, 4.69) is 20.8 Å². The SMILES string of the molecule is CC(C)(C)c1ccc(S(=O)(=O)N2CCC(C(N)=O)([NH+]3CCCCC3)CC2)cc1. The number of likely N-dealkylation sites (tertiary alicyclic amines) is 1. The number of amides is 1. The summed E-state index contributed by atoms with van der Waals surface area (Å²) in [6.45, 7) is 8.90. The van der Waals surface area contributed by atoms with E-state index >= 15 is 0 Å². The number of primary amides is 1. The first-order chi connectivity index (χ1) is 13.1. The van der Waals surface area contributed by atoms with E-state index < -0.39 is 15.6 Å². The van der Waals surface area contributed by atoms with Crippen LogP contribution in [0.15, 0.2) is 29.2 Å². The Morgan fingerprint density at radius 1 is 1.04 bits per heavy atom. The molecule has 0 bridgehead atoms. The molecule has 6 nitrogen and oxygen atoms in total. The van der Waals surface area contributed by atoms with Crippen molar-refractivity contribution in [1.29, 1.82) is 0 Å². The number of nitrogens with two attached hydrogens (primary N) is 1. The number of piperidine rings is 2. The maximum absolute atomic E-state index is 13.1. The van der Waals surface area contributed by atoms with Gasteiger partial charge >= 0.3 is 0 Å². The van der Waals surface area contributed by atoms with Crippen molar-refractivity contribution in [3.63, 3.8) is 0 Å². The van der Waals surface area contributed by atoms with Crippen molar-refractivity contribution in [1.82, 2.24) is 4.31 Å². The Labute approximate surface area is 169 Å².